The summed E-state index contributed by atoms with van der Waals surface area (Å²) in [6.45, 7) is 3.27. The van der Waals surface area contributed by atoms with E-state index in [1.807, 2.05) is 11.4 Å². The van der Waals surface area contributed by atoms with Crippen LogP contribution in [-0.2, 0) is 4.74 Å². The van der Waals surface area contributed by atoms with Gasteiger partial charge in [-0.2, -0.15) is 11.3 Å². The van der Waals surface area contributed by atoms with Crippen LogP contribution < -0.4 is 5.32 Å². The molecule has 0 bridgehead atoms. The van der Waals surface area contributed by atoms with Crippen LogP contribution in [0.2, 0.25) is 5.02 Å². The summed E-state index contributed by atoms with van der Waals surface area (Å²) >= 11 is 7.65. The van der Waals surface area contributed by atoms with Crippen LogP contribution in [0.1, 0.15) is 22.0 Å². The number of amides is 1. The van der Waals surface area contributed by atoms with E-state index in [-0.39, 0.29) is 22.3 Å². The Balaban J connectivity index is 1.73. The van der Waals surface area contributed by atoms with Crippen LogP contribution in [0, 0.1) is 10.1 Å². The predicted octanol–water partition coefficient (Wildman–Crippen LogP) is 3.11. The van der Waals surface area contributed by atoms with Crippen LogP contribution in [0.4, 0.5) is 5.69 Å². The van der Waals surface area contributed by atoms with Crippen LogP contribution in [0.5, 0.6) is 0 Å². The Morgan fingerprint density at radius 2 is 2.15 bits per heavy atom. The molecule has 138 valence electrons. The van der Waals surface area contributed by atoms with Gasteiger partial charge >= 0.3 is 0 Å². The van der Waals surface area contributed by atoms with Crippen molar-refractivity contribution in [1.82, 2.24) is 10.2 Å². The number of carbonyl (C=O) groups is 1. The van der Waals surface area contributed by atoms with Crippen molar-refractivity contribution in [3.05, 3.63) is 61.3 Å². The summed E-state index contributed by atoms with van der Waals surface area (Å²) in [5, 5.41) is 18.0. The summed E-state index contributed by atoms with van der Waals surface area (Å²) < 4.78 is 5.41. The van der Waals surface area contributed by atoms with Gasteiger partial charge in [0, 0.05) is 31.8 Å². The second-order valence-corrected chi connectivity index (χ2v) is 7.04. The van der Waals surface area contributed by atoms with E-state index in [1.54, 1.807) is 11.3 Å². The third kappa shape index (κ3) is 4.39. The van der Waals surface area contributed by atoms with Gasteiger partial charge in [-0.25, -0.2) is 0 Å². The maximum absolute atomic E-state index is 12.5. The number of non-ortho nitro benzene ring substituents is 1. The van der Waals surface area contributed by atoms with Crippen LogP contribution in [-0.4, -0.2) is 48.6 Å². The summed E-state index contributed by atoms with van der Waals surface area (Å²) in [5.41, 5.74) is 1.07. The smallest absolute Gasteiger partial charge is 0.270 e. The number of nitro groups is 1. The molecule has 3 rings (SSSR count). The van der Waals surface area contributed by atoms with Crippen LogP contribution in [0.3, 0.4) is 0 Å². The van der Waals surface area contributed by atoms with Gasteiger partial charge in [0.15, 0.2) is 0 Å². The summed E-state index contributed by atoms with van der Waals surface area (Å²) in [5.74, 6) is -0.424. The van der Waals surface area contributed by atoms with E-state index in [4.69, 9.17) is 16.3 Å². The van der Waals surface area contributed by atoms with Gasteiger partial charge in [0.25, 0.3) is 11.6 Å². The highest BCUT2D eigenvalue weighted by Crippen LogP contribution is 2.25. The summed E-state index contributed by atoms with van der Waals surface area (Å²) in [4.78, 5) is 25.2. The number of carbonyl (C=O) groups excluding carboxylic acids is 1. The Labute approximate surface area is 159 Å². The third-order valence-electron chi connectivity index (χ3n) is 4.28. The number of hydrogen-bond donors (Lipinski definition) is 1. The maximum Gasteiger partial charge on any atom is 0.270 e. The van der Waals surface area contributed by atoms with Crippen molar-refractivity contribution in [2.75, 3.05) is 32.8 Å². The van der Waals surface area contributed by atoms with E-state index in [2.05, 4.69) is 15.6 Å². The zero-order chi connectivity index (χ0) is 18.5. The third-order valence-corrected chi connectivity index (χ3v) is 5.31. The molecule has 1 saturated heterocycles. The van der Waals surface area contributed by atoms with E-state index in [1.165, 1.54) is 18.2 Å². The Morgan fingerprint density at radius 3 is 2.81 bits per heavy atom. The SMILES string of the molecule is O=C(NCC(c1ccsc1)N1CCOCC1)c1cc([N+](=O)[O-])ccc1Cl. The lowest BCUT2D eigenvalue weighted by Crippen LogP contribution is -2.43. The van der Waals surface area contributed by atoms with Gasteiger partial charge in [0.05, 0.1) is 34.8 Å². The molecule has 1 fully saturated rings. The zero-order valence-electron chi connectivity index (χ0n) is 13.9. The summed E-state index contributed by atoms with van der Waals surface area (Å²) in [6, 6.07) is 5.91. The number of hydrogen-bond acceptors (Lipinski definition) is 6. The second kappa shape index (κ2) is 8.59. The number of thiophene rings is 1. The van der Waals surface area contributed by atoms with E-state index in [0.717, 1.165) is 18.7 Å². The first-order valence-electron chi connectivity index (χ1n) is 8.12. The van der Waals surface area contributed by atoms with Crippen LogP contribution in [0.15, 0.2) is 35.0 Å². The molecular weight excluding hydrogens is 378 g/mol. The van der Waals surface area contributed by atoms with Gasteiger partial charge in [-0.1, -0.05) is 11.6 Å². The molecule has 7 nitrogen and oxygen atoms in total. The first-order chi connectivity index (χ1) is 12.6. The van der Waals surface area contributed by atoms with E-state index >= 15 is 0 Å². The van der Waals surface area contributed by atoms with Gasteiger partial charge < -0.3 is 10.1 Å². The fourth-order valence-electron chi connectivity index (χ4n) is 2.90. The van der Waals surface area contributed by atoms with Gasteiger partial charge in [-0.3, -0.25) is 19.8 Å². The highest BCUT2D eigenvalue weighted by atomic mass is 35.5. The molecular formula is C17H18ClN3O4S. The number of nitro benzene ring substituents is 1. The molecule has 0 aliphatic carbocycles. The highest BCUT2D eigenvalue weighted by molar-refractivity contribution is 7.08. The molecule has 2 aromatic rings. The number of halogens is 1. The standard InChI is InChI=1S/C17H18ClN3O4S/c18-15-2-1-13(21(23)24)9-14(15)17(22)19-10-16(12-3-8-26-11-12)20-4-6-25-7-5-20/h1-3,8-9,11,16H,4-7,10H2,(H,19,22). The Bertz CT molecular complexity index is 778. The molecule has 1 N–H and O–H groups in total. The number of benzene rings is 1. The van der Waals surface area contributed by atoms with E-state index in [0.29, 0.717) is 19.8 Å². The molecule has 1 amide bonds. The fraction of sp³-hybridized carbons (Fsp3) is 0.353. The lowest BCUT2D eigenvalue weighted by atomic mass is 10.1. The summed E-state index contributed by atoms with van der Waals surface area (Å²) in [6.07, 6.45) is 0. The fourth-order valence-corrected chi connectivity index (χ4v) is 3.81. The minimum absolute atomic E-state index is 0.0200. The molecule has 1 atom stereocenters. The molecule has 26 heavy (non-hydrogen) atoms. The molecule has 1 aliphatic rings. The van der Waals surface area contributed by atoms with Crippen molar-refractivity contribution < 1.29 is 14.5 Å². The van der Waals surface area contributed by atoms with Crippen LogP contribution >= 0.6 is 22.9 Å². The largest absolute Gasteiger partial charge is 0.379 e. The Hall–Kier alpha value is -2.00. The molecule has 1 unspecified atom stereocenters. The predicted molar refractivity (Wildman–Crippen MR) is 99.9 cm³/mol. The number of nitrogens with zero attached hydrogens (tertiary/aromatic N) is 2. The Morgan fingerprint density at radius 1 is 1.38 bits per heavy atom. The van der Waals surface area contributed by atoms with Gasteiger partial charge in [0.2, 0.25) is 0 Å². The summed E-state index contributed by atoms with van der Waals surface area (Å²) in [7, 11) is 0. The van der Waals surface area contributed by atoms with Crippen molar-refractivity contribution in [1.29, 1.82) is 0 Å². The van der Waals surface area contributed by atoms with Crippen molar-refractivity contribution in [3.8, 4) is 0 Å². The topological polar surface area (TPSA) is 84.7 Å². The number of nitrogens with one attached hydrogen (secondary N) is 1. The second-order valence-electron chi connectivity index (χ2n) is 5.85. The first-order valence-corrected chi connectivity index (χ1v) is 9.44. The molecule has 1 aromatic heterocycles. The Kier molecular flexibility index (Phi) is 6.20. The minimum Gasteiger partial charge on any atom is -0.379 e. The highest BCUT2D eigenvalue weighted by Gasteiger charge is 2.24. The maximum atomic E-state index is 12.5. The van der Waals surface area contributed by atoms with Crippen molar-refractivity contribution >= 4 is 34.5 Å². The quantitative estimate of drug-likeness (QED) is 0.600. The zero-order valence-corrected chi connectivity index (χ0v) is 15.5. The molecule has 0 spiro atoms. The molecule has 2 heterocycles. The van der Waals surface area contributed by atoms with E-state index < -0.39 is 10.8 Å². The van der Waals surface area contributed by atoms with E-state index in [9.17, 15) is 14.9 Å². The molecule has 1 aromatic carbocycles. The number of rotatable bonds is 6. The number of ether oxygens (including phenoxy) is 1. The van der Waals surface area contributed by atoms with Gasteiger partial charge in [-0.05, 0) is 28.5 Å². The lowest BCUT2D eigenvalue weighted by molar-refractivity contribution is -0.384. The average molecular weight is 396 g/mol. The number of morpholine rings is 1. The average Bonchev–Trinajstić information content (AvgIpc) is 3.17. The first kappa shape index (κ1) is 18.8. The molecule has 9 heteroatoms. The molecule has 1 aliphatic heterocycles. The van der Waals surface area contributed by atoms with Gasteiger partial charge in [-0.15, -0.1) is 0 Å². The van der Waals surface area contributed by atoms with Gasteiger partial charge in [0.1, 0.15) is 0 Å². The van der Waals surface area contributed by atoms with Crippen molar-refractivity contribution in [2.24, 2.45) is 0 Å². The molecule has 0 radical (unpaired) electrons. The minimum atomic E-state index is -0.547. The van der Waals surface area contributed by atoms with Crippen LogP contribution in [0.25, 0.3) is 0 Å². The normalized spacial score (nSPS) is 16.2. The lowest BCUT2D eigenvalue weighted by Gasteiger charge is -2.34. The molecule has 0 saturated carbocycles. The van der Waals surface area contributed by atoms with Crippen molar-refractivity contribution in [3.63, 3.8) is 0 Å². The monoisotopic (exact) mass is 395 g/mol. The van der Waals surface area contributed by atoms with Crippen molar-refractivity contribution in [2.45, 2.75) is 6.04 Å².